The molecule has 0 unspecified atom stereocenters. The van der Waals surface area contributed by atoms with Crippen LogP contribution in [0.3, 0.4) is 0 Å². The van der Waals surface area contributed by atoms with E-state index in [1.165, 1.54) is 10.6 Å². The van der Waals surface area contributed by atoms with Crippen LogP contribution in [0, 0.1) is 0 Å². The number of benzene rings is 1. The molecule has 0 aliphatic rings. The third-order valence-electron chi connectivity index (χ3n) is 3.38. The second-order valence-electron chi connectivity index (χ2n) is 5.07. The zero-order chi connectivity index (χ0) is 14.8. The molecule has 0 atom stereocenters. The summed E-state index contributed by atoms with van der Waals surface area (Å²) >= 11 is 1.73. The summed E-state index contributed by atoms with van der Waals surface area (Å²) in [5, 5.41) is 4.48. The maximum atomic E-state index is 4.38. The van der Waals surface area contributed by atoms with Gasteiger partial charge in [0, 0.05) is 30.3 Å². The number of hydrogen-bond acceptors (Lipinski definition) is 5. The SMILES string of the molecule is CCc1cc2c(Nc3ccc(N(C)C)cc3)ncnc2s1. The van der Waals surface area contributed by atoms with E-state index in [-0.39, 0.29) is 0 Å². The average molecular weight is 298 g/mol. The van der Waals surface area contributed by atoms with Crippen molar-refractivity contribution in [1.82, 2.24) is 9.97 Å². The molecule has 4 nitrogen and oxygen atoms in total. The molecule has 0 bridgehead atoms. The highest BCUT2D eigenvalue weighted by Crippen LogP contribution is 2.30. The second kappa shape index (κ2) is 5.69. The standard InChI is InChI=1S/C16H18N4S/c1-4-13-9-14-15(17-10-18-16(14)21-13)19-11-5-7-12(8-6-11)20(2)3/h5-10H,4H2,1-3H3,(H,17,18,19). The topological polar surface area (TPSA) is 41.0 Å². The lowest BCUT2D eigenvalue weighted by atomic mass is 10.2. The van der Waals surface area contributed by atoms with Crippen LogP contribution in [0.15, 0.2) is 36.7 Å². The Bertz CT molecular complexity index is 747. The van der Waals surface area contributed by atoms with E-state index in [0.717, 1.165) is 28.1 Å². The average Bonchev–Trinajstić information content (AvgIpc) is 2.92. The van der Waals surface area contributed by atoms with Gasteiger partial charge in [0.1, 0.15) is 17.0 Å². The summed E-state index contributed by atoms with van der Waals surface area (Å²) in [6.45, 7) is 2.16. The predicted octanol–water partition coefficient (Wildman–Crippen LogP) is 4.06. The number of anilines is 3. The van der Waals surface area contributed by atoms with Gasteiger partial charge in [0.15, 0.2) is 0 Å². The minimum atomic E-state index is 0.869. The van der Waals surface area contributed by atoms with Crippen LogP contribution in [0.5, 0.6) is 0 Å². The van der Waals surface area contributed by atoms with E-state index in [0.29, 0.717) is 0 Å². The second-order valence-corrected chi connectivity index (χ2v) is 6.19. The minimum absolute atomic E-state index is 0.869. The van der Waals surface area contributed by atoms with Gasteiger partial charge in [0.2, 0.25) is 0 Å². The first-order chi connectivity index (χ1) is 10.2. The third-order valence-corrected chi connectivity index (χ3v) is 4.56. The molecule has 2 heterocycles. The van der Waals surface area contributed by atoms with E-state index in [1.54, 1.807) is 17.7 Å². The van der Waals surface area contributed by atoms with Gasteiger partial charge in [0.05, 0.1) is 5.39 Å². The molecule has 5 heteroatoms. The number of hydrogen-bond donors (Lipinski definition) is 1. The van der Waals surface area contributed by atoms with Gasteiger partial charge in [-0.2, -0.15) is 0 Å². The van der Waals surface area contributed by atoms with Crippen LogP contribution < -0.4 is 10.2 Å². The Morgan fingerprint density at radius 3 is 2.57 bits per heavy atom. The van der Waals surface area contributed by atoms with E-state index >= 15 is 0 Å². The summed E-state index contributed by atoms with van der Waals surface area (Å²) in [5.41, 5.74) is 2.21. The molecular formula is C16H18N4S. The van der Waals surface area contributed by atoms with Crippen molar-refractivity contribution in [2.45, 2.75) is 13.3 Å². The van der Waals surface area contributed by atoms with Crippen LogP contribution in [-0.4, -0.2) is 24.1 Å². The molecule has 0 aliphatic heterocycles. The molecule has 0 amide bonds. The zero-order valence-corrected chi connectivity index (χ0v) is 13.2. The van der Waals surface area contributed by atoms with Gasteiger partial charge in [-0.15, -0.1) is 11.3 Å². The number of nitrogens with one attached hydrogen (secondary N) is 1. The Morgan fingerprint density at radius 2 is 1.90 bits per heavy atom. The lowest BCUT2D eigenvalue weighted by molar-refractivity contribution is 1.13. The maximum absolute atomic E-state index is 4.38. The Hall–Kier alpha value is -2.14. The molecule has 3 aromatic rings. The fraction of sp³-hybridized carbons (Fsp3) is 0.250. The highest BCUT2D eigenvalue weighted by atomic mass is 32.1. The van der Waals surface area contributed by atoms with Crippen LogP contribution >= 0.6 is 11.3 Å². The number of aromatic nitrogens is 2. The number of rotatable bonds is 4. The van der Waals surface area contributed by atoms with Crippen molar-refractivity contribution in [3.63, 3.8) is 0 Å². The van der Waals surface area contributed by atoms with Crippen LogP contribution in [-0.2, 0) is 6.42 Å². The van der Waals surface area contributed by atoms with Crippen molar-refractivity contribution in [2.24, 2.45) is 0 Å². The normalized spacial score (nSPS) is 10.8. The van der Waals surface area contributed by atoms with Crippen molar-refractivity contribution >= 4 is 38.7 Å². The van der Waals surface area contributed by atoms with Crippen molar-refractivity contribution in [1.29, 1.82) is 0 Å². The Labute approximate surface area is 128 Å². The first-order valence-corrected chi connectivity index (χ1v) is 7.77. The molecule has 0 radical (unpaired) electrons. The summed E-state index contributed by atoms with van der Waals surface area (Å²) in [5.74, 6) is 0.869. The molecule has 0 spiro atoms. The van der Waals surface area contributed by atoms with Gasteiger partial charge < -0.3 is 10.2 Å². The molecule has 2 aromatic heterocycles. The van der Waals surface area contributed by atoms with E-state index in [1.807, 2.05) is 14.1 Å². The number of aryl methyl sites for hydroxylation is 1. The lowest BCUT2D eigenvalue weighted by Gasteiger charge is -2.13. The number of thiophene rings is 1. The van der Waals surface area contributed by atoms with Gasteiger partial charge in [-0.05, 0) is 36.8 Å². The molecule has 0 saturated heterocycles. The monoisotopic (exact) mass is 298 g/mol. The van der Waals surface area contributed by atoms with Gasteiger partial charge in [-0.25, -0.2) is 9.97 Å². The van der Waals surface area contributed by atoms with Gasteiger partial charge in [-0.1, -0.05) is 6.92 Å². The van der Waals surface area contributed by atoms with E-state index < -0.39 is 0 Å². The summed E-state index contributed by atoms with van der Waals surface area (Å²) in [6, 6.07) is 10.5. The van der Waals surface area contributed by atoms with E-state index in [4.69, 9.17) is 0 Å². The lowest BCUT2D eigenvalue weighted by Crippen LogP contribution is -2.08. The predicted molar refractivity (Wildman–Crippen MR) is 90.8 cm³/mol. The molecule has 0 aliphatic carbocycles. The van der Waals surface area contributed by atoms with Gasteiger partial charge in [0.25, 0.3) is 0 Å². The van der Waals surface area contributed by atoms with E-state index in [2.05, 4.69) is 57.4 Å². The smallest absolute Gasteiger partial charge is 0.142 e. The van der Waals surface area contributed by atoms with Crippen molar-refractivity contribution < 1.29 is 0 Å². The van der Waals surface area contributed by atoms with Gasteiger partial charge in [-0.3, -0.25) is 0 Å². The number of nitrogens with zero attached hydrogens (tertiary/aromatic N) is 3. The highest BCUT2D eigenvalue weighted by molar-refractivity contribution is 7.18. The Morgan fingerprint density at radius 1 is 1.14 bits per heavy atom. The third kappa shape index (κ3) is 2.83. The molecular weight excluding hydrogens is 280 g/mol. The van der Waals surface area contributed by atoms with Crippen molar-refractivity contribution in [2.75, 3.05) is 24.3 Å². The van der Waals surface area contributed by atoms with Crippen LogP contribution in [0.1, 0.15) is 11.8 Å². The first-order valence-electron chi connectivity index (χ1n) is 6.95. The quantitative estimate of drug-likeness (QED) is 0.788. The summed E-state index contributed by atoms with van der Waals surface area (Å²) in [6.07, 6.45) is 2.65. The summed E-state index contributed by atoms with van der Waals surface area (Å²) < 4.78 is 0. The largest absolute Gasteiger partial charge is 0.378 e. The molecule has 108 valence electrons. The molecule has 1 aromatic carbocycles. The van der Waals surface area contributed by atoms with Crippen LogP contribution in [0.25, 0.3) is 10.2 Å². The molecule has 0 saturated carbocycles. The minimum Gasteiger partial charge on any atom is -0.378 e. The van der Waals surface area contributed by atoms with Crippen molar-refractivity contribution in [3.8, 4) is 0 Å². The molecule has 3 rings (SSSR count). The zero-order valence-electron chi connectivity index (χ0n) is 12.4. The molecule has 0 fully saturated rings. The van der Waals surface area contributed by atoms with E-state index in [9.17, 15) is 0 Å². The fourth-order valence-corrected chi connectivity index (χ4v) is 3.09. The summed E-state index contributed by atoms with van der Waals surface area (Å²) in [4.78, 5) is 13.2. The summed E-state index contributed by atoms with van der Waals surface area (Å²) in [7, 11) is 4.07. The van der Waals surface area contributed by atoms with Gasteiger partial charge >= 0.3 is 0 Å². The Kier molecular flexibility index (Phi) is 3.75. The highest BCUT2D eigenvalue weighted by Gasteiger charge is 2.08. The number of fused-ring (bicyclic) bond motifs is 1. The fourth-order valence-electron chi connectivity index (χ4n) is 2.16. The van der Waals surface area contributed by atoms with Crippen molar-refractivity contribution in [3.05, 3.63) is 41.5 Å². The van der Waals surface area contributed by atoms with Crippen LogP contribution in [0.4, 0.5) is 17.2 Å². The first kappa shape index (κ1) is 13.8. The molecule has 1 N–H and O–H groups in total. The Balaban J connectivity index is 1.92. The maximum Gasteiger partial charge on any atom is 0.142 e. The van der Waals surface area contributed by atoms with Crippen LogP contribution in [0.2, 0.25) is 0 Å². The molecule has 21 heavy (non-hydrogen) atoms.